The van der Waals surface area contributed by atoms with Gasteiger partial charge in [-0.05, 0) is 19.1 Å². The molecule has 2 rings (SSSR count). The molecule has 19 heavy (non-hydrogen) atoms. The number of aromatic nitrogens is 2. The third-order valence-corrected chi connectivity index (χ3v) is 2.69. The van der Waals surface area contributed by atoms with Crippen molar-refractivity contribution in [2.75, 3.05) is 12.3 Å². The maximum absolute atomic E-state index is 12.3. The number of halogens is 3. The Balaban J connectivity index is 2.39. The summed E-state index contributed by atoms with van der Waals surface area (Å²) in [7, 11) is 0. The van der Waals surface area contributed by atoms with Gasteiger partial charge in [0.25, 0.3) is 0 Å². The summed E-state index contributed by atoms with van der Waals surface area (Å²) < 4.78 is 43.6. The normalized spacial score (nSPS) is 12.0. The second-order valence-electron chi connectivity index (χ2n) is 4.04. The zero-order valence-corrected chi connectivity index (χ0v) is 10.4. The number of nitrogens with two attached hydrogens (primary N) is 1. The summed E-state index contributed by atoms with van der Waals surface area (Å²) in [5, 5.41) is 0. The number of fused-ring (bicyclic) bond motifs is 1. The smallest absolute Gasteiger partial charge is 0.390 e. The molecule has 0 amide bonds. The first-order valence-corrected chi connectivity index (χ1v) is 5.86. The number of para-hydroxylation sites is 1. The predicted octanol–water partition coefficient (Wildman–Crippen LogP) is 2.97. The molecular formula is C12H14F3N3O. The standard InChI is InChI=1S/C12H14F3N3O/c1-2-19-9-5-3-4-8-10(9)17-11(16)18(8)7-6-12(13,14)15/h3-5H,2,6-7H2,1H3,(H2,16,17). The van der Waals surface area contributed by atoms with E-state index in [4.69, 9.17) is 10.5 Å². The Hall–Kier alpha value is -1.92. The Bertz CT molecular complexity index is 577. The highest BCUT2D eigenvalue weighted by Gasteiger charge is 2.27. The molecule has 0 aliphatic carbocycles. The fourth-order valence-corrected chi connectivity index (χ4v) is 1.88. The van der Waals surface area contributed by atoms with Crippen LogP contribution in [0.25, 0.3) is 11.0 Å². The fourth-order valence-electron chi connectivity index (χ4n) is 1.88. The molecule has 0 unspecified atom stereocenters. The summed E-state index contributed by atoms with van der Waals surface area (Å²) in [5.74, 6) is 0.587. The molecule has 0 saturated carbocycles. The van der Waals surface area contributed by atoms with Crippen molar-refractivity contribution in [1.29, 1.82) is 0 Å². The van der Waals surface area contributed by atoms with Gasteiger partial charge in [0, 0.05) is 6.54 Å². The van der Waals surface area contributed by atoms with Gasteiger partial charge < -0.3 is 15.0 Å². The molecule has 0 aliphatic rings. The van der Waals surface area contributed by atoms with E-state index in [1.54, 1.807) is 18.2 Å². The Morgan fingerprint density at radius 2 is 2.11 bits per heavy atom. The number of hydrogen-bond acceptors (Lipinski definition) is 3. The van der Waals surface area contributed by atoms with Gasteiger partial charge in [-0.2, -0.15) is 13.2 Å². The number of anilines is 1. The predicted molar refractivity (Wildman–Crippen MR) is 66.0 cm³/mol. The van der Waals surface area contributed by atoms with Crippen LogP contribution in [0.3, 0.4) is 0 Å². The van der Waals surface area contributed by atoms with E-state index in [2.05, 4.69) is 4.98 Å². The number of nitrogens with zero attached hydrogens (tertiary/aromatic N) is 2. The van der Waals surface area contributed by atoms with Crippen LogP contribution in [0.4, 0.5) is 19.1 Å². The molecule has 0 aliphatic heterocycles. The molecule has 0 fully saturated rings. The summed E-state index contributed by atoms with van der Waals surface area (Å²) >= 11 is 0. The van der Waals surface area contributed by atoms with Crippen LogP contribution in [-0.4, -0.2) is 22.3 Å². The van der Waals surface area contributed by atoms with E-state index in [0.717, 1.165) is 0 Å². The SMILES string of the molecule is CCOc1cccc2c1nc(N)n2CCC(F)(F)F. The van der Waals surface area contributed by atoms with Gasteiger partial charge in [-0.1, -0.05) is 6.07 Å². The number of benzene rings is 1. The van der Waals surface area contributed by atoms with E-state index in [1.165, 1.54) is 4.57 Å². The largest absolute Gasteiger partial charge is 0.492 e. The molecule has 2 aromatic rings. The summed E-state index contributed by atoms with van der Waals surface area (Å²) in [6.45, 7) is 2.03. The van der Waals surface area contributed by atoms with Crippen LogP contribution in [0.1, 0.15) is 13.3 Å². The van der Waals surface area contributed by atoms with Crippen LogP contribution in [-0.2, 0) is 6.54 Å². The van der Waals surface area contributed by atoms with Gasteiger partial charge in [0.1, 0.15) is 11.3 Å². The van der Waals surface area contributed by atoms with Gasteiger partial charge >= 0.3 is 6.18 Å². The third-order valence-electron chi connectivity index (χ3n) is 2.69. The van der Waals surface area contributed by atoms with E-state index >= 15 is 0 Å². The average molecular weight is 273 g/mol. The lowest BCUT2D eigenvalue weighted by Crippen LogP contribution is -2.13. The Labute approximate surface area is 108 Å². The van der Waals surface area contributed by atoms with Crippen molar-refractivity contribution in [3.05, 3.63) is 18.2 Å². The van der Waals surface area contributed by atoms with E-state index in [1.807, 2.05) is 6.92 Å². The van der Waals surface area contributed by atoms with Gasteiger partial charge in [0.05, 0.1) is 18.5 Å². The van der Waals surface area contributed by atoms with Crippen molar-refractivity contribution in [2.45, 2.75) is 26.1 Å². The second-order valence-corrected chi connectivity index (χ2v) is 4.04. The molecular weight excluding hydrogens is 259 g/mol. The third kappa shape index (κ3) is 2.91. The number of ether oxygens (including phenoxy) is 1. The van der Waals surface area contributed by atoms with E-state index < -0.39 is 12.6 Å². The zero-order valence-electron chi connectivity index (χ0n) is 10.4. The van der Waals surface area contributed by atoms with Crippen molar-refractivity contribution in [2.24, 2.45) is 0 Å². The van der Waals surface area contributed by atoms with Gasteiger partial charge in [-0.25, -0.2) is 4.98 Å². The topological polar surface area (TPSA) is 53.1 Å². The minimum absolute atomic E-state index is 0.0615. The number of hydrogen-bond donors (Lipinski definition) is 1. The van der Waals surface area contributed by atoms with Gasteiger partial charge in [0.2, 0.25) is 5.95 Å². The average Bonchev–Trinajstić information content (AvgIpc) is 2.63. The number of nitrogen functional groups attached to an aromatic ring is 1. The molecule has 0 bridgehead atoms. The monoisotopic (exact) mass is 273 g/mol. The van der Waals surface area contributed by atoms with E-state index in [9.17, 15) is 13.2 Å². The maximum Gasteiger partial charge on any atom is 0.390 e. The van der Waals surface area contributed by atoms with Crippen LogP contribution in [0, 0.1) is 0 Å². The molecule has 4 nitrogen and oxygen atoms in total. The van der Waals surface area contributed by atoms with Crippen molar-refractivity contribution < 1.29 is 17.9 Å². The minimum atomic E-state index is -4.22. The number of imidazole rings is 1. The first-order valence-electron chi connectivity index (χ1n) is 5.86. The molecule has 104 valence electrons. The second kappa shape index (κ2) is 4.99. The highest BCUT2D eigenvalue weighted by atomic mass is 19.4. The van der Waals surface area contributed by atoms with Gasteiger partial charge in [0.15, 0.2) is 0 Å². The van der Waals surface area contributed by atoms with Crippen LogP contribution < -0.4 is 10.5 Å². The molecule has 0 atom stereocenters. The maximum atomic E-state index is 12.3. The molecule has 2 N–H and O–H groups in total. The Kier molecular flexibility index (Phi) is 3.55. The lowest BCUT2D eigenvalue weighted by atomic mass is 10.3. The molecule has 1 aromatic heterocycles. The molecule has 1 aromatic carbocycles. The number of alkyl halides is 3. The quantitative estimate of drug-likeness (QED) is 0.931. The van der Waals surface area contributed by atoms with Crippen LogP contribution in [0.15, 0.2) is 18.2 Å². The Morgan fingerprint density at radius 1 is 1.37 bits per heavy atom. The van der Waals surface area contributed by atoms with Crippen LogP contribution >= 0.6 is 0 Å². The first-order chi connectivity index (χ1) is 8.92. The molecule has 1 heterocycles. The number of rotatable bonds is 4. The minimum Gasteiger partial charge on any atom is -0.492 e. The van der Waals surface area contributed by atoms with Crippen molar-refractivity contribution in [1.82, 2.24) is 9.55 Å². The molecule has 7 heteroatoms. The van der Waals surface area contributed by atoms with E-state index in [0.29, 0.717) is 23.4 Å². The summed E-state index contributed by atoms with van der Waals surface area (Å²) in [6.07, 6.45) is -5.16. The summed E-state index contributed by atoms with van der Waals surface area (Å²) in [6, 6.07) is 5.10. The molecule has 0 saturated heterocycles. The van der Waals surface area contributed by atoms with E-state index in [-0.39, 0.29) is 12.5 Å². The van der Waals surface area contributed by atoms with Crippen molar-refractivity contribution in [3.63, 3.8) is 0 Å². The van der Waals surface area contributed by atoms with Crippen LogP contribution in [0.5, 0.6) is 5.75 Å². The van der Waals surface area contributed by atoms with Crippen molar-refractivity contribution >= 4 is 17.0 Å². The number of aryl methyl sites for hydroxylation is 1. The highest BCUT2D eigenvalue weighted by Crippen LogP contribution is 2.29. The molecule has 0 radical (unpaired) electrons. The zero-order chi connectivity index (χ0) is 14.0. The van der Waals surface area contributed by atoms with Gasteiger partial charge in [-0.3, -0.25) is 0 Å². The lowest BCUT2D eigenvalue weighted by Gasteiger charge is -2.09. The summed E-state index contributed by atoms with van der Waals surface area (Å²) in [4.78, 5) is 4.08. The highest BCUT2D eigenvalue weighted by molar-refractivity contribution is 5.84. The molecule has 0 spiro atoms. The first kappa shape index (κ1) is 13.5. The van der Waals surface area contributed by atoms with Crippen LogP contribution in [0.2, 0.25) is 0 Å². The van der Waals surface area contributed by atoms with Crippen molar-refractivity contribution in [3.8, 4) is 5.75 Å². The Morgan fingerprint density at radius 3 is 2.74 bits per heavy atom. The fraction of sp³-hybridized carbons (Fsp3) is 0.417. The summed E-state index contributed by atoms with van der Waals surface area (Å²) in [5.41, 5.74) is 6.72. The van der Waals surface area contributed by atoms with Gasteiger partial charge in [-0.15, -0.1) is 0 Å². The lowest BCUT2D eigenvalue weighted by molar-refractivity contribution is -0.136.